The zero-order valence-corrected chi connectivity index (χ0v) is 10.7. The largest absolute Gasteiger partial charge is 0.419 e. The van der Waals surface area contributed by atoms with E-state index in [1.807, 2.05) is 0 Å². The number of imide groups is 1. The number of alkyl halides is 3. The number of hydrogen-bond donors (Lipinski definition) is 1. The van der Waals surface area contributed by atoms with Crippen molar-refractivity contribution >= 4 is 17.6 Å². The van der Waals surface area contributed by atoms with Crippen molar-refractivity contribution in [3.8, 4) is 6.07 Å². The van der Waals surface area contributed by atoms with Gasteiger partial charge in [0.05, 0.1) is 12.0 Å². The topological polar surface area (TPSA) is 86.1 Å². The van der Waals surface area contributed by atoms with E-state index in [9.17, 15) is 22.8 Å². The second-order valence-corrected chi connectivity index (χ2v) is 4.39. The van der Waals surface area contributed by atoms with Crippen LogP contribution in [0.5, 0.6) is 0 Å². The molecular weight excluding hydrogens is 289 g/mol. The Balaban J connectivity index is 2.26. The van der Waals surface area contributed by atoms with Crippen molar-refractivity contribution in [1.82, 2.24) is 9.88 Å². The van der Waals surface area contributed by atoms with Crippen LogP contribution in [0.2, 0.25) is 0 Å². The molecule has 0 aromatic carbocycles. The van der Waals surface area contributed by atoms with Gasteiger partial charge in [0, 0.05) is 7.05 Å². The highest BCUT2D eigenvalue weighted by Crippen LogP contribution is 2.31. The lowest BCUT2D eigenvalue weighted by molar-refractivity contribution is -0.138. The van der Waals surface area contributed by atoms with Gasteiger partial charge in [-0.3, -0.25) is 14.5 Å². The minimum Gasteiger partial charge on any atom is -0.358 e. The molecule has 1 saturated heterocycles. The Morgan fingerprint density at radius 2 is 2.10 bits per heavy atom. The number of nitriles is 1. The van der Waals surface area contributed by atoms with Crippen LogP contribution in [0.1, 0.15) is 17.7 Å². The van der Waals surface area contributed by atoms with Gasteiger partial charge in [0.1, 0.15) is 17.9 Å². The van der Waals surface area contributed by atoms with Crippen LogP contribution in [0, 0.1) is 11.3 Å². The summed E-state index contributed by atoms with van der Waals surface area (Å²) < 4.78 is 37.9. The van der Waals surface area contributed by atoms with Gasteiger partial charge >= 0.3 is 6.18 Å². The molecule has 1 N–H and O–H groups in total. The number of carbonyl (C=O) groups excluding carboxylic acids is 2. The zero-order valence-electron chi connectivity index (χ0n) is 10.7. The van der Waals surface area contributed by atoms with E-state index in [0.29, 0.717) is 6.07 Å². The fourth-order valence-corrected chi connectivity index (χ4v) is 1.90. The molecule has 6 nitrogen and oxygen atoms in total. The Hall–Kier alpha value is -2.63. The summed E-state index contributed by atoms with van der Waals surface area (Å²) in [6.45, 7) is 0. The van der Waals surface area contributed by atoms with Gasteiger partial charge in [-0.25, -0.2) is 4.98 Å². The first-order chi connectivity index (χ1) is 9.74. The number of likely N-dealkylation sites (N-methyl/N-ethyl adjacent to an activating group) is 1. The number of likely N-dealkylation sites (tertiary alicyclic amines) is 1. The number of carbonyl (C=O) groups is 2. The van der Waals surface area contributed by atoms with Crippen LogP contribution in [0.3, 0.4) is 0 Å². The summed E-state index contributed by atoms with van der Waals surface area (Å²) >= 11 is 0. The molecule has 0 radical (unpaired) electrons. The van der Waals surface area contributed by atoms with Crippen LogP contribution in [-0.2, 0) is 15.8 Å². The molecule has 0 unspecified atom stereocenters. The average Bonchev–Trinajstić information content (AvgIpc) is 2.65. The summed E-state index contributed by atoms with van der Waals surface area (Å²) in [5, 5.41) is 11.3. The summed E-state index contributed by atoms with van der Waals surface area (Å²) in [6, 6.07) is 2.19. The van der Waals surface area contributed by atoms with Gasteiger partial charge in [0.2, 0.25) is 5.91 Å². The predicted octanol–water partition coefficient (Wildman–Crippen LogP) is 1.14. The van der Waals surface area contributed by atoms with Crippen LogP contribution in [0.15, 0.2) is 12.1 Å². The average molecular weight is 298 g/mol. The zero-order chi connectivity index (χ0) is 15.8. The number of nitrogens with one attached hydrogen (secondary N) is 1. The van der Waals surface area contributed by atoms with Crippen molar-refractivity contribution in [1.29, 1.82) is 5.26 Å². The third kappa shape index (κ3) is 2.79. The Kier molecular flexibility index (Phi) is 3.55. The first-order valence-corrected chi connectivity index (χ1v) is 5.79. The van der Waals surface area contributed by atoms with E-state index in [1.54, 1.807) is 0 Å². The van der Waals surface area contributed by atoms with E-state index in [-0.39, 0.29) is 12.2 Å². The van der Waals surface area contributed by atoms with Crippen molar-refractivity contribution in [2.75, 3.05) is 12.4 Å². The number of hydrogen-bond acceptors (Lipinski definition) is 5. The fourth-order valence-electron chi connectivity index (χ4n) is 1.90. The molecular formula is C12H9F3N4O2. The number of pyridine rings is 1. The van der Waals surface area contributed by atoms with Crippen molar-refractivity contribution in [3.63, 3.8) is 0 Å². The molecule has 0 bridgehead atoms. The molecule has 2 heterocycles. The summed E-state index contributed by atoms with van der Waals surface area (Å²) in [6.07, 6.45) is -4.80. The molecule has 1 aliphatic rings. The number of amides is 2. The number of nitrogens with zero attached hydrogens (tertiary/aromatic N) is 3. The van der Waals surface area contributed by atoms with Gasteiger partial charge in [-0.1, -0.05) is 0 Å². The van der Waals surface area contributed by atoms with E-state index in [2.05, 4.69) is 10.3 Å². The quantitative estimate of drug-likeness (QED) is 0.827. The lowest BCUT2D eigenvalue weighted by Gasteiger charge is -2.13. The highest BCUT2D eigenvalue weighted by Gasteiger charge is 2.37. The van der Waals surface area contributed by atoms with E-state index < -0.39 is 35.3 Å². The number of anilines is 1. The monoisotopic (exact) mass is 298 g/mol. The molecule has 2 amide bonds. The molecule has 1 aliphatic heterocycles. The highest BCUT2D eigenvalue weighted by atomic mass is 19.4. The Morgan fingerprint density at radius 1 is 1.43 bits per heavy atom. The van der Waals surface area contributed by atoms with Crippen molar-refractivity contribution in [3.05, 3.63) is 23.4 Å². The predicted molar refractivity (Wildman–Crippen MR) is 63.8 cm³/mol. The lowest BCUT2D eigenvalue weighted by Crippen LogP contribution is -2.32. The number of rotatable bonds is 2. The minimum absolute atomic E-state index is 0.0685. The second kappa shape index (κ2) is 5.05. The molecule has 1 atom stereocenters. The number of aromatic nitrogens is 1. The van der Waals surface area contributed by atoms with Crippen molar-refractivity contribution in [2.45, 2.75) is 18.6 Å². The molecule has 2 rings (SSSR count). The van der Waals surface area contributed by atoms with Crippen LogP contribution >= 0.6 is 0 Å². The maximum atomic E-state index is 12.6. The molecule has 9 heteroatoms. The second-order valence-electron chi connectivity index (χ2n) is 4.39. The fraction of sp³-hybridized carbons (Fsp3) is 0.333. The molecule has 0 aliphatic carbocycles. The third-order valence-electron chi connectivity index (χ3n) is 3.01. The number of halogens is 3. The van der Waals surface area contributed by atoms with E-state index >= 15 is 0 Å². The van der Waals surface area contributed by atoms with Gasteiger partial charge in [0.15, 0.2) is 5.69 Å². The van der Waals surface area contributed by atoms with Crippen LogP contribution < -0.4 is 5.32 Å². The van der Waals surface area contributed by atoms with Gasteiger partial charge in [-0.15, -0.1) is 0 Å². The van der Waals surface area contributed by atoms with Crippen molar-refractivity contribution in [2.24, 2.45) is 0 Å². The summed E-state index contributed by atoms with van der Waals surface area (Å²) in [7, 11) is 1.31. The Labute approximate surface area is 117 Å². The van der Waals surface area contributed by atoms with E-state index in [0.717, 1.165) is 11.0 Å². The molecule has 21 heavy (non-hydrogen) atoms. The van der Waals surface area contributed by atoms with Crippen LogP contribution in [0.25, 0.3) is 0 Å². The highest BCUT2D eigenvalue weighted by molar-refractivity contribution is 6.06. The Bertz CT molecular complexity index is 651. The first-order valence-electron chi connectivity index (χ1n) is 5.79. The maximum Gasteiger partial charge on any atom is 0.419 e. The molecule has 0 spiro atoms. The summed E-state index contributed by atoms with van der Waals surface area (Å²) in [5.41, 5.74) is -1.95. The minimum atomic E-state index is -4.68. The Morgan fingerprint density at radius 3 is 2.57 bits per heavy atom. The maximum absolute atomic E-state index is 12.6. The van der Waals surface area contributed by atoms with Gasteiger partial charge < -0.3 is 5.32 Å². The molecule has 1 aromatic rings. The SMILES string of the molecule is CN1C(=O)C[C@@H](Nc2ccc(C(F)(F)F)c(C#N)n2)C1=O. The summed E-state index contributed by atoms with van der Waals surface area (Å²) in [4.78, 5) is 27.5. The first kappa shape index (κ1) is 14.8. The van der Waals surface area contributed by atoms with Gasteiger partial charge in [-0.05, 0) is 12.1 Å². The summed E-state index contributed by atoms with van der Waals surface area (Å²) in [5.74, 6) is -0.967. The van der Waals surface area contributed by atoms with Gasteiger partial charge in [-0.2, -0.15) is 18.4 Å². The smallest absolute Gasteiger partial charge is 0.358 e. The van der Waals surface area contributed by atoms with Gasteiger partial charge in [0.25, 0.3) is 5.91 Å². The van der Waals surface area contributed by atoms with Crippen LogP contribution in [0.4, 0.5) is 19.0 Å². The normalized spacial score (nSPS) is 18.8. The standard InChI is InChI=1S/C12H9F3N4O2/c1-19-10(20)4-7(11(19)21)17-9-3-2-6(12(13,14)15)8(5-16)18-9/h2-3,7H,4H2,1H3,(H,17,18)/t7-/m1/s1. The third-order valence-corrected chi connectivity index (χ3v) is 3.01. The molecule has 0 saturated carbocycles. The molecule has 1 aromatic heterocycles. The van der Waals surface area contributed by atoms with E-state index in [4.69, 9.17) is 5.26 Å². The molecule has 1 fully saturated rings. The van der Waals surface area contributed by atoms with Crippen LogP contribution in [-0.4, -0.2) is 34.8 Å². The lowest BCUT2D eigenvalue weighted by atomic mass is 10.2. The molecule has 110 valence electrons. The van der Waals surface area contributed by atoms with Crippen molar-refractivity contribution < 1.29 is 22.8 Å². The van der Waals surface area contributed by atoms with E-state index in [1.165, 1.54) is 13.1 Å².